The first-order valence-electron chi connectivity index (χ1n) is 13.1. The molecule has 0 bridgehead atoms. The van der Waals surface area contributed by atoms with Crippen molar-refractivity contribution in [1.29, 1.82) is 0 Å². The van der Waals surface area contributed by atoms with Crippen LogP contribution in [-0.4, -0.2) is 67.9 Å². The summed E-state index contributed by atoms with van der Waals surface area (Å²) in [4.78, 5) is 4.79. The third-order valence-electron chi connectivity index (χ3n) is 8.22. The van der Waals surface area contributed by atoms with Crippen LogP contribution in [0.15, 0.2) is 54.6 Å². The van der Waals surface area contributed by atoms with Crippen LogP contribution in [0, 0.1) is 11.7 Å². The van der Waals surface area contributed by atoms with Gasteiger partial charge in [0.25, 0.3) is 0 Å². The van der Waals surface area contributed by atoms with Gasteiger partial charge in [0.1, 0.15) is 11.6 Å². The molecule has 1 saturated heterocycles. The van der Waals surface area contributed by atoms with Gasteiger partial charge >= 0.3 is 0 Å². The lowest BCUT2D eigenvalue weighted by atomic mass is 9.70. The smallest absolute Gasteiger partial charge is 0.130 e. The fourth-order valence-corrected chi connectivity index (χ4v) is 6.02. The molecule has 3 atom stereocenters. The standard InChI is InChI=1S/C30H36ClFN2O3/c1-33-12-14-34(15-13-33)19-24-18-26(37-20-27-28(31)4-3-5-29(27)32)10-11-30(24,35)23-8-6-22-17-25(36-2)9-7-21(22)16-23/h3-9,16-17,24,26,35H,10-15,18-20H2,1-2H3. The highest BCUT2D eigenvalue weighted by molar-refractivity contribution is 6.31. The number of rotatable bonds is 7. The van der Waals surface area contributed by atoms with E-state index in [0.29, 0.717) is 29.8 Å². The fourth-order valence-electron chi connectivity index (χ4n) is 5.81. The minimum absolute atomic E-state index is 0.0125. The number of aliphatic hydroxyl groups is 1. The summed E-state index contributed by atoms with van der Waals surface area (Å²) in [5.74, 6) is 0.461. The molecule has 1 aliphatic heterocycles. The number of ether oxygens (including phenoxy) is 2. The average Bonchev–Trinajstić information content (AvgIpc) is 2.90. The van der Waals surface area contributed by atoms with Gasteiger partial charge in [-0.05, 0) is 73.0 Å². The Kier molecular flexibility index (Phi) is 8.03. The first-order valence-corrected chi connectivity index (χ1v) is 13.5. The van der Waals surface area contributed by atoms with Crippen LogP contribution in [0.4, 0.5) is 4.39 Å². The fraction of sp³-hybridized carbons (Fsp3) is 0.467. The molecular formula is C30H36ClFN2O3. The molecule has 0 aromatic heterocycles. The van der Waals surface area contributed by atoms with Crippen molar-refractivity contribution in [2.75, 3.05) is 46.9 Å². The van der Waals surface area contributed by atoms with Crippen LogP contribution in [0.5, 0.6) is 5.75 Å². The molecule has 7 heteroatoms. The minimum Gasteiger partial charge on any atom is -0.497 e. The predicted molar refractivity (Wildman–Crippen MR) is 146 cm³/mol. The van der Waals surface area contributed by atoms with E-state index in [1.165, 1.54) is 6.07 Å². The van der Waals surface area contributed by atoms with E-state index in [9.17, 15) is 9.50 Å². The predicted octanol–water partition coefficient (Wildman–Crippen LogP) is 5.46. The molecule has 1 heterocycles. The van der Waals surface area contributed by atoms with Gasteiger partial charge in [0.15, 0.2) is 0 Å². The lowest BCUT2D eigenvalue weighted by Gasteiger charge is -2.46. The normalized spacial score (nSPS) is 25.4. The number of hydrogen-bond donors (Lipinski definition) is 1. The molecular weight excluding hydrogens is 491 g/mol. The molecule has 0 radical (unpaired) electrons. The number of fused-ring (bicyclic) bond motifs is 1. The zero-order chi connectivity index (χ0) is 26.0. The molecule has 1 N–H and O–H groups in total. The first kappa shape index (κ1) is 26.4. The SMILES string of the molecule is COc1ccc2cc(C3(O)CCC(OCc4c(F)cccc4Cl)CC3CN3CCN(C)CC3)ccc2c1. The summed E-state index contributed by atoms with van der Waals surface area (Å²) in [5.41, 5.74) is 0.373. The summed E-state index contributed by atoms with van der Waals surface area (Å²) < 4.78 is 25.9. The number of methoxy groups -OCH3 is 1. The van der Waals surface area contributed by atoms with Crippen molar-refractivity contribution in [2.24, 2.45) is 5.92 Å². The van der Waals surface area contributed by atoms with Crippen molar-refractivity contribution in [3.63, 3.8) is 0 Å². The quantitative estimate of drug-likeness (QED) is 0.443. The van der Waals surface area contributed by atoms with Gasteiger partial charge in [-0.3, -0.25) is 0 Å². The van der Waals surface area contributed by atoms with Crippen LogP contribution in [0.1, 0.15) is 30.4 Å². The third-order valence-corrected chi connectivity index (χ3v) is 8.57. The highest BCUT2D eigenvalue weighted by atomic mass is 35.5. The van der Waals surface area contributed by atoms with Gasteiger partial charge in [-0.25, -0.2) is 4.39 Å². The van der Waals surface area contributed by atoms with Crippen LogP contribution in [-0.2, 0) is 16.9 Å². The summed E-state index contributed by atoms with van der Waals surface area (Å²) in [6.45, 7) is 4.94. The zero-order valence-corrected chi connectivity index (χ0v) is 22.4. The number of hydrogen-bond acceptors (Lipinski definition) is 5. The molecule has 1 aliphatic carbocycles. The summed E-state index contributed by atoms with van der Waals surface area (Å²) in [7, 11) is 3.82. The lowest BCUT2D eigenvalue weighted by Crippen LogP contribution is -2.52. The van der Waals surface area contributed by atoms with E-state index < -0.39 is 5.60 Å². The molecule has 37 heavy (non-hydrogen) atoms. The highest BCUT2D eigenvalue weighted by Crippen LogP contribution is 2.44. The van der Waals surface area contributed by atoms with Crippen LogP contribution in [0.3, 0.4) is 0 Å². The molecule has 198 valence electrons. The molecule has 2 fully saturated rings. The van der Waals surface area contributed by atoms with Gasteiger partial charge in [0, 0.05) is 49.2 Å². The summed E-state index contributed by atoms with van der Waals surface area (Å²) in [5, 5.41) is 14.8. The van der Waals surface area contributed by atoms with Gasteiger partial charge < -0.3 is 24.4 Å². The van der Waals surface area contributed by atoms with Gasteiger partial charge in [-0.15, -0.1) is 0 Å². The van der Waals surface area contributed by atoms with E-state index in [1.54, 1.807) is 19.2 Å². The second-order valence-electron chi connectivity index (χ2n) is 10.6. The van der Waals surface area contributed by atoms with Crippen LogP contribution >= 0.6 is 11.6 Å². The molecule has 5 nitrogen and oxygen atoms in total. The number of piperazine rings is 1. The number of halogens is 2. The van der Waals surface area contributed by atoms with Gasteiger partial charge in [0.05, 0.1) is 25.4 Å². The molecule has 2 aliphatic rings. The first-order chi connectivity index (χ1) is 17.9. The second kappa shape index (κ2) is 11.3. The minimum atomic E-state index is -0.965. The Hall–Kier alpha value is -2.22. The molecule has 0 amide bonds. The van der Waals surface area contributed by atoms with E-state index in [4.69, 9.17) is 21.1 Å². The number of benzene rings is 3. The maximum absolute atomic E-state index is 14.3. The number of nitrogens with zero attached hydrogens (tertiary/aromatic N) is 2. The summed E-state index contributed by atoms with van der Waals surface area (Å²) in [6, 6.07) is 17.0. The zero-order valence-electron chi connectivity index (χ0n) is 21.6. The molecule has 0 spiro atoms. The molecule has 3 aromatic rings. The van der Waals surface area contributed by atoms with Crippen molar-refractivity contribution in [3.8, 4) is 5.75 Å². The lowest BCUT2D eigenvalue weighted by molar-refractivity contribution is -0.114. The van der Waals surface area contributed by atoms with E-state index in [0.717, 1.165) is 54.8 Å². The van der Waals surface area contributed by atoms with Crippen molar-refractivity contribution < 1.29 is 19.0 Å². The molecule has 5 rings (SSSR count). The second-order valence-corrected chi connectivity index (χ2v) is 11.0. The van der Waals surface area contributed by atoms with Crippen molar-refractivity contribution >= 4 is 22.4 Å². The van der Waals surface area contributed by atoms with Crippen molar-refractivity contribution in [2.45, 2.75) is 37.6 Å². The third kappa shape index (κ3) is 5.79. The Morgan fingerprint density at radius 2 is 1.81 bits per heavy atom. The Morgan fingerprint density at radius 3 is 2.57 bits per heavy atom. The molecule has 3 aromatic carbocycles. The maximum atomic E-state index is 14.3. The summed E-state index contributed by atoms with van der Waals surface area (Å²) >= 11 is 6.23. The van der Waals surface area contributed by atoms with Gasteiger partial charge in [-0.1, -0.05) is 35.9 Å². The molecule has 1 saturated carbocycles. The Morgan fingerprint density at radius 1 is 1.05 bits per heavy atom. The van der Waals surface area contributed by atoms with Crippen LogP contribution in [0.25, 0.3) is 10.8 Å². The average molecular weight is 527 g/mol. The van der Waals surface area contributed by atoms with Crippen molar-refractivity contribution in [1.82, 2.24) is 9.80 Å². The van der Waals surface area contributed by atoms with E-state index in [1.807, 2.05) is 18.2 Å². The largest absolute Gasteiger partial charge is 0.497 e. The Balaban J connectivity index is 1.38. The van der Waals surface area contributed by atoms with Crippen molar-refractivity contribution in [3.05, 3.63) is 76.6 Å². The van der Waals surface area contributed by atoms with Crippen LogP contribution in [0.2, 0.25) is 5.02 Å². The highest BCUT2D eigenvalue weighted by Gasteiger charge is 2.44. The van der Waals surface area contributed by atoms with Gasteiger partial charge in [-0.2, -0.15) is 0 Å². The molecule has 3 unspecified atom stereocenters. The van der Waals surface area contributed by atoms with E-state index in [-0.39, 0.29) is 24.4 Å². The summed E-state index contributed by atoms with van der Waals surface area (Å²) in [6.07, 6.45) is 1.92. The van der Waals surface area contributed by atoms with Gasteiger partial charge in [0.2, 0.25) is 0 Å². The van der Waals surface area contributed by atoms with Crippen LogP contribution < -0.4 is 4.74 Å². The topological polar surface area (TPSA) is 45.2 Å². The number of likely N-dealkylation sites (N-methyl/N-ethyl adjacent to an activating group) is 1. The Labute approximate surface area is 223 Å². The van der Waals surface area contributed by atoms with E-state index in [2.05, 4.69) is 35.0 Å². The maximum Gasteiger partial charge on any atom is 0.130 e. The van der Waals surface area contributed by atoms with E-state index >= 15 is 0 Å². The Bertz CT molecular complexity index is 1210. The monoisotopic (exact) mass is 526 g/mol.